The molecule has 2 aromatic carbocycles. The van der Waals surface area contributed by atoms with E-state index in [-0.39, 0.29) is 0 Å². The molecule has 0 saturated heterocycles. The van der Waals surface area contributed by atoms with Crippen molar-refractivity contribution in [3.05, 3.63) is 59.3 Å². The van der Waals surface area contributed by atoms with Crippen molar-refractivity contribution in [2.75, 3.05) is 0 Å². The van der Waals surface area contributed by atoms with E-state index < -0.39 is 5.97 Å². The minimum Gasteiger partial charge on any atom is -0.478 e. The van der Waals surface area contributed by atoms with E-state index in [1.807, 2.05) is 18.2 Å². The van der Waals surface area contributed by atoms with Crippen molar-refractivity contribution in [1.29, 1.82) is 0 Å². The maximum absolute atomic E-state index is 10.9. The normalized spacial score (nSPS) is 10.9. The summed E-state index contributed by atoms with van der Waals surface area (Å²) < 4.78 is 0. The second-order valence-corrected chi connectivity index (χ2v) is 5.02. The first-order valence-corrected chi connectivity index (χ1v) is 6.49. The molecule has 0 saturated carbocycles. The number of benzene rings is 2. The van der Waals surface area contributed by atoms with Gasteiger partial charge in [-0.2, -0.15) is 0 Å². The van der Waals surface area contributed by atoms with Crippen molar-refractivity contribution in [1.82, 2.24) is 4.98 Å². The Labute approximate surface area is 116 Å². The molecular weight excluding hydrogens is 250 g/mol. The van der Waals surface area contributed by atoms with E-state index in [4.69, 9.17) is 5.11 Å². The van der Waals surface area contributed by atoms with Crippen LogP contribution >= 0.6 is 0 Å². The van der Waals surface area contributed by atoms with Gasteiger partial charge in [-0.15, -0.1) is 0 Å². The van der Waals surface area contributed by atoms with E-state index in [1.54, 1.807) is 12.1 Å². The van der Waals surface area contributed by atoms with Crippen molar-refractivity contribution in [3.8, 4) is 11.1 Å². The molecule has 0 amide bonds. The number of nitrogens with one attached hydrogen (secondary N) is 1. The molecule has 0 atom stereocenters. The number of H-pyrrole nitrogens is 1. The van der Waals surface area contributed by atoms with Gasteiger partial charge in [0, 0.05) is 16.6 Å². The Kier molecular flexibility index (Phi) is 2.83. The number of aromatic amines is 1. The molecule has 0 radical (unpaired) electrons. The highest BCUT2D eigenvalue weighted by molar-refractivity contribution is 5.90. The number of fused-ring (bicyclic) bond motifs is 1. The standard InChI is InChI=1S/C17H15NO2/c1-10-11(2)18-16-8-7-14(9-15(10)16)12-3-5-13(6-4-12)17(19)20/h3-9,18H,1-2H3,(H,19,20). The smallest absolute Gasteiger partial charge is 0.335 e. The third-order valence-electron chi connectivity index (χ3n) is 3.77. The van der Waals surface area contributed by atoms with E-state index in [2.05, 4.69) is 31.0 Å². The molecule has 1 aromatic heterocycles. The number of carbonyl (C=O) groups is 1. The van der Waals surface area contributed by atoms with Crippen LogP contribution in [-0.2, 0) is 0 Å². The van der Waals surface area contributed by atoms with Crippen molar-refractivity contribution < 1.29 is 9.90 Å². The minimum absolute atomic E-state index is 0.309. The van der Waals surface area contributed by atoms with Gasteiger partial charge in [0.1, 0.15) is 0 Å². The molecule has 3 rings (SSSR count). The minimum atomic E-state index is -0.899. The van der Waals surface area contributed by atoms with Gasteiger partial charge in [-0.1, -0.05) is 18.2 Å². The first-order chi connectivity index (χ1) is 9.56. The fourth-order valence-electron chi connectivity index (χ4n) is 2.45. The highest BCUT2D eigenvalue weighted by Crippen LogP contribution is 2.27. The van der Waals surface area contributed by atoms with E-state index >= 15 is 0 Å². The van der Waals surface area contributed by atoms with Crippen LogP contribution in [0.5, 0.6) is 0 Å². The molecule has 3 nitrogen and oxygen atoms in total. The molecule has 1 heterocycles. The SMILES string of the molecule is Cc1[nH]c2ccc(-c3ccc(C(=O)O)cc3)cc2c1C. The first-order valence-electron chi connectivity index (χ1n) is 6.49. The summed E-state index contributed by atoms with van der Waals surface area (Å²) in [6.07, 6.45) is 0. The Balaban J connectivity index is 2.09. The fourth-order valence-corrected chi connectivity index (χ4v) is 2.45. The van der Waals surface area contributed by atoms with Crippen LogP contribution in [-0.4, -0.2) is 16.1 Å². The quantitative estimate of drug-likeness (QED) is 0.731. The Hall–Kier alpha value is -2.55. The zero-order valence-electron chi connectivity index (χ0n) is 11.4. The van der Waals surface area contributed by atoms with Gasteiger partial charge in [-0.05, 0) is 54.8 Å². The summed E-state index contributed by atoms with van der Waals surface area (Å²) >= 11 is 0. The summed E-state index contributed by atoms with van der Waals surface area (Å²) in [5.41, 5.74) is 5.99. The molecule has 0 bridgehead atoms. The number of carboxylic acid groups (broad SMARTS) is 1. The first kappa shape index (κ1) is 12.5. The van der Waals surface area contributed by atoms with Crippen molar-refractivity contribution in [3.63, 3.8) is 0 Å². The summed E-state index contributed by atoms with van der Waals surface area (Å²) in [6.45, 7) is 4.17. The number of aryl methyl sites for hydroxylation is 2. The number of carboxylic acids is 1. The molecule has 0 aliphatic rings. The summed E-state index contributed by atoms with van der Waals surface area (Å²) in [4.78, 5) is 14.2. The Morgan fingerprint density at radius 2 is 1.65 bits per heavy atom. The average molecular weight is 265 g/mol. The molecule has 3 heteroatoms. The van der Waals surface area contributed by atoms with E-state index in [1.165, 1.54) is 16.6 Å². The van der Waals surface area contributed by atoms with Crippen molar-refractivity contribution in [2.24, 2.45) is 0 Å². The molecule has 0 spiro atoms. The van der Waals surface area contributed by atoms with Gasteiger partial charge in [0.2, 0.25) is 0 Å². The van der Waals surface area contributed by atoms with Gasteiger partial charge in [0.25, 0.3) is 0 Å². The third kappa shape index (κ3) is 1.97. The molecule has 100 valence electrons. The summed E-state index contributed by atoms with van der Waals surface area (Å²) in [6, 6.07) is 13.2. The Morgan fingerprint density at radius 3 is 2.30 bits per heavy atom. The summed E-state index contributed by atoms with van der Waals surface area (Å²) in [5, 5.41) is 10.1. The lowest BCUT2D eigenvalue weighted by Crippen LogP contribution is -1.94. The van der Waals surface area contributed by atoms with Crippen molar-refractivity contribution in [2.45, 2.75) is 13.8 Å². The highest BCUT2D eigenvalue weighted by Gasteiger charge is 2.07. The lowest BCUT2D eigenvalue weighted by Gasteiger charge is -2.03. The predicted molar refractivity (Wildman–Crippen MR) is 80.2 cm³/mol. The van der Waals surface area contributed by atoms with Gasteiger partial charge in [-0.25, -0.2) is 4.79 Å². The fraction of sp³-hybridized carbons (Fsp3) is 0.118. The maximum Gasteiger partial charge on any atom is 0.335 e. The van der Waals surface area contributed by atoms with E-state index in [9.17, 15) is 4.79 Å². The zero-order valence-corrected chi connectivity index (χ0v) is 11.4. The second kappa shape index (κ2) is 4.53. The average Bonchev–Trinajstić information content (AvgIpc) is 2.74. The predicted octanol–water partition coefficient (Wildman–Crippen LogP) is 4.15. The monoisotopic (exact) mass is 265 g/mol. The third-order valence-corrected chi connectivity index (χ3v) is 3.77. The van der Waals surface area contributed by atoms with Gasteiger partial charge >= 0.3 is 5.97 Å². The number of hydrogen-bond acceptors (Lipinski definition) is 1. The topological polar surface area (TPSA) is 53.1 Å². The number of hydrogen-bond donors (Lipinski definition) is 2. The van der Waals surface area contributed by atoms with Crippen LogP contribution in [0.4, 0.5) is 0 Å². The molecule has 0 fully saturated rings. The lowest BCUT2D eigenvalue weighted by molar-refractivity contribution is 0.0697. The highest BCUT2D eigenvalue weighted by atomic mass is 16.4. The molecule has 2 N–H and O–H groups in total. The molecule has 0 aliphatic carbocycles. The van der Waals surface area contributed by atoms with E-state index in [0.717, 1.165) is 16.6 Å². The van der Waals surface area contributed by atoms with Crippen molar-refractivity contribution >= 4 is 16.9 Å². The zero-order chi connectivity index (χ0) is 14.3. The molecule has 3 aromatic rings. The maximum atomic E-state index is 10.9. The summed E-state index contributed by atoms with van der Waals surface area (Å²) in [7, 11) is 0. The Bertz CT molecular complexity index is 798. The number of aromatic carboxylic acids is 1. The van der Waals surface area contributed by atoms with Crippen LogP contribution in [0.25, 0.3) is 22.0 Å². The Morgan fingerprint density at radius 1 is 1.00 bits per heavy atom. The van der Waals surface area contributed by atoms with Crippen LogP contribution in [0, 0.1) is 13.8 Å². The van der Waals surface area contributed by atoms with Gasteiger partial charge < -0.3 is 10.1 Å². The largest absolute Gasteiger partial charge is 0.478 e. The van der Waals surface area contributed by atoms with Crippen LogP contribution in [0.2, 0.25) is 0 Å². The van der Waals surface area contributed by atoms with Crippen LogP contribution < -0.4 is 0 Å². The van der Waals surface area contributed by atoms with Gasteiger partial charge in [0.15, 0.2) is 0 Å². The van der Waals surface area contributed by atoms with Crippen LogP contribution in [0.1, 0.15) is 21.6 Å². The van der Waals surface area contributed by atoms with E-state index in [0.29, 0.717) is 5.56 Å². The number of rotatable bonds is 2. The molecule has 0 unspecified atom stereocenters. The molecule has 0 aliphatic heterocycles. The molecule has 20 heavy (non-hydrogen) atoms. The number of aromatic nitrogens is 1. The van der Waals surface area contributed by atoms with Crippen LogP contribution in [0.15, 0.2) is 42.5 Å². The van der Waals surface area contributed by atoms with Gasteiger partial charge in [-0.3, -0.25) is 0 Å². The van der Waals surface area contributed by atoms with Gasteiger partial charge in [0.05, 0.1) is 5.56 Å². The summed E-state index contributed by atoms with van der Waals surface area (Å²) in [5.74, 6) is -0.899. The second-order valence-electron chi connectivity index (χ2n) is 5.02. The van der Waals surface area contributed by atoms with Crippen LogP contribution in [0.3, 0.4) is 0 Å². The molecular formula is C17H15NO2. The lowest BCUT2D eigenvalue weighted by atomic mass is 10.0.